The van der Waals surface area contributed by atoms with E-state index in [4.69, 9.17) is 17.2 Å². The van der Waals surface area contributed by atoms with Gasteiger partial charge in [0.05, 0.1) is 0 Å². The summed E-state index contributed by atoms with van der Waals surface area (Å²) in [6.07, 6.45) is 1.03. The Morgan fingerprint density at radius 2 is 1.67 bits per heavy atom. The average Bonchev–Trinajstić information content (AvgIpc) is 2.26. The van der Waals surface area contributed by atoms with Gasteiger partial charge in [0.1, 0.15) is 6.34 Å². The van der Waals surface area contributed by atoms with Crippen molar-refractivity contribution in [2.24, 2.45) is 27.4 Å². The molecule has 6 heteroatoms. The molecule has 0 bridgehead atoms. The molecule has 0 fully saturated rings. The first-order valence-electron chi connectivity index (χ1n) is 4.12. The van der Waals surface area contributed by atoms with Crippen LogP contribution in [0.5, 0.6) is 0 Å². The van der Waals surface area contributed by atoms with Crippen molar-refractivity contribution >= 4 is 18.1 Å². The summed E-state index contributed by atoms with van der Waals surface area (Å²) in [6.45, 7) is 0. The lowest BCUT2D eigenvalue weighted by Gasteiger charge is -1.99. The fourth-order valence-corrected chi connectivity index (χ4v) is 0.959. The Balaban J connectivity index is 2.93. The minimum absolute atomic E-state index is 0.215. The molecular formula is C9H11N5O. The zero-order chi connectivity index (χ0) is 11.3. The van der Waals surface area contributed by atoms with Gasteiger partial charge in [-0.25, -0.2) is 0 Å². The van der Waals surface area contributed by atoms with Crippen LogP contribution in [0.2, 0.25) is 0 Å². The van der Waals surface area contributed by atoms with Gasteiger partial charge in [0.15, 0.2) is 5.84 Å². The molecule has 0 aliphatic rings. The molecule has 0 aromatic heterocycles. The van der Waals surface area contributed by atoms with Gasteiger partial charge in [-0.1, -0.05) is 12.1 Å². The lowest BCUT2D eigenvalue weighted by atomic mass is 10.1. The number of hydrogen-bond acceptors (Lipinski definition) is 3. The molecular weight excluding hydrogens is 194 g/mol. The van der Waals surface area contributed by atoms with Crippen molar-refractivity contribution in [3.05, 3.63) is 35.4 Å². The Hall–Kier alpha value is -2.37. The van der Waals surface area contributed by atoms with Crippen LogP contribution in [0, 0.1) is 0 Å². The van der Waals surface area contributed by atoms with E-state index in [-0.39, 0.29) is 5.84 Å². The molecule has 6 nitrogen and oxygen atoms in total. The number of amides is 1. The standard InChI is InChI=1S/C9H11N5O/c10-5-13-14-8(11)6-1-3-7(4-2-6)9(12)15/h1-5H,(H2,10,13)(H2,11,14)(H2,12,15). The second kappa shape index (κ2) is 4.75. The number of benzene rings is 1. The first-order chi connectivity index (χ1) is 7.15. The predicted molar refractivity (Wildman–Crippen MR) is 58.4 cm³/mol. The van der Waals surface area contributed by atoms with E-state index in [0.29, 0.717) is 11.1 Å². The second-order valence-corrected chi connectivity index (χ2v) is 2.69. The number of amidine groups is 1. The van der Waals surface area contributed by atoms with E-state index in [1.165, 1.54) is 0 Å². The van der Waals surface area contributed by atoms with Crippen LogP contribution < -0.4 is 17.2 Å². The normalized spacial score (nSPS) is 11.9. The van der Waals surface area contributed by atoms with E-state index < -0.39 is 5.91 Å². The molecule has 0 unspecified atom stereocenters. The third kappa shape index (κ3) is 2.80. The van der Waals surface area contributed by atoms with Gasteiger partial charge in [0, 0.05) is 11.1 Å². The molecule has 0 radical (unpaired) electrons. The summed E-state index contributed by atoms with van der Waals surface area (Å²) in [7, 11) is 0. The highest BCUT2D eigenvalue weighted by atomic mass is 16.1. The number of carbonyl (C=O) groups is 1. The van der Waals surface area contributed by atoms with Crippen molar-refractivity contribution in [1.82, 2.24) is 0 Å². The zero-order valence-electron chi connectivity index (χ0n) is 7.92. The molecule has 1 amide bonds. The van der Waals surface area contributed by atoms with Crippen LogP contribution in [-0.2, 0) is 0 Å². The molecule has 6 N–H and O–H groups in total. The summed E-state index contributed by atoms with van der Waals surface area (Å²) in [6, 6.07) is 6.38. The van der Waals surface area contributed by atoms with Crippen molar-refractivity contribution in [3.8, 4) is 0 Å². The minimum atomic E-state index is -0.489. The monoisotopic (exact) mass is 205 g/mol. The fraction of sp³-hybridized carbons (Fsp3) is 0. The second-order valence-electron chi connectivity index (χ2n) is 2.69. The van der Waals surface area contributed by atoms with Gasteiger partial charge in [0.2, 0.25) is 5.91 Å². The third-order valence-electron chi connectivity index (χ3n) is 1.70. The topological polar surface area (TPSA) is 120 Å². The number of primary amides is 1. The molecule has 1 aromatic rings. The number of rotatable bonds is 3. The van der Waals surface area contributed by atoms with Gasteiger partial charge < -0.3 is 17.2 Å². The van der Waals surface area contributed by atoms with E-state index in [9.17, 15) is 4.79 Å². The van der Waals surface area contributed by atoms with Crippen LogP contribution in [-0.4, -0.2) is 18.1 Å². The van der Waals surface area contributed by atoms with E-state index in [2.05, 4.69) is 10.2 Å². The van der Waals surface area contributed by atoms with Crippen LogP contribution in [0.3, 0.4) is 0 Å². The summed E-state index contributed by atoms with van der Waals surface area (Å²) in [4.78, 5) is 10.8. The van der Waals surface area contributed by atoms with Crippen LogP contribution in [0.1, 0.15) is 15.9 Å². The minimum Gasteiger partial charge on any atom is -0.388 e. The summed E-state index contributed by atoms with van der Waals surface area (Å²) in [5.41, 5.74) is 16.7. The van der Waals surface area contributed by atoms with Crippen molar-refractivity contribution in [1.29, 1.82) is 0 Å². The number of nitrogens with zero attached hydrogens (tertiary/aromatic N) is 2. The largest absolute Gasteiger partial charge is 0.388 e. The van der Waals surface area contributed by atoms with Crippen molar-refractivity contribution in [2.45, 2.75) is 0 Å². The lowest BCUT2D eigenvalue weighted by Crippen LogP contribution is -2.14. The highest BCUT2D eigenvalue weighted by Crippen LogP contribution is 2.03. The van der Waals surface area contributed by atoms with Gasteiger partial charge in [-0.05, 0) is 12.1 Å². The molecule has 1 aromatic carbocycles. The molecule has 0 saturated heterocycles. The Morgan fingerprint density at radius 1 is 1.13 bits per heavy atom. The summed E-state index contributed by atoms with van der Waals surface area (Å²) < 4.78 is 0. The van der Waals surface area contributed by atoms with Crippen LogP contribution in [0.25, 0.3) is 0 Å². The third-order valence-corrected chi connectivity index (χ3v) is 1.70. The number of nitrogens with two attached hydrogens (primary N) is 3. The maximum Gasteiger partial charge on any atom is 0.248 e. The fourth-order valence-electron chi connectivity index (χ4n) is 0.959. The average molecular weight is 205 g/mol. The summed E-state index contributed by atoms with van der Waals surface area (Å²) >= 11 is 0. The first kappa shape index (κ1) is 10.7. The zero-order valence-corrected chi connectivity index (χ0v) is 7.92. The lowest BCUT2D eigenvalue weighted by molar-refractivity contribution is 0.100. The Bertz CT molecular complexity index is 407. The Morgan fingerprint density at radius 3 is 2.13 bits per heavy atom. The molecule has 0 aliphatic heterocycles. The Kier molecular flexibility index (Phi) is 3.39. The Labute approximate surface area is 86.5 Å². The van der Waals surface area contributed by atoms with Crippen molar-refractivity contribution in [3.63, 3.8) is 0 Å². The smallest absolute Gasteiger partial charge is 0.248 e. The van der Waals surface area contributed by atoms with Gasteiger partial charge in [-0.15, -0.1) is 10.2 Å². The van der Waals surface area contributed by atoms with Crippen LogP contribution in [0.15, 0.2) is 34.5 Å². The summed E-state index contributed by atoms with van der Waals surface area (Å²) in [5, 5.41) is 7.04. The number of hydrogen-bond donors (Lipinski definition) is 3. The predicted octanol–water partition coefficient (Wildman–Crippen LogP) is -0.607. The van der Waals surface area contributed by atoms with Gasteiger partial charge in [-0.3, -0.25) is 4.79 Å². The molecule has 0 heterocycles. The van der Waals surface area contributed by atoms with Crippen LogP contribution >= 0.6 is 0 Å². The van der Waals surface area contributed by atoms with Crippen molar-refractivity contribution in [2.75, 3.05) is 0 Å². The molecule has 0 saturated carbocycles. The van der Waals surface area contributed by atoms with E-state index in [1.807, 2.05) is 0 Å². The maximum atomic E-state index is 10.8. The maximum absolute atomic E-state index is 10.8. The van der Waals surface area contributed by atoms with E-state index in [0.717, 1.165) is 6.34 Å². The van der Waals surface area contributed by atoms with Gasteiger partial charge in [-0.2, -0.15) is 0 Å². The van der Waals surface area contributed by atoms with E-state index in [1.54, 1.807) is 24.3 Å². The SMILES string of the molecule is N/C=N\N=C(/N)c1ccc(C(N)=O)cc1. The highest BCUT2D eigenvalue weighted by Gasteiger charge is 2.01. The quantitative estimate of drug-likeness (QED) is 0.347. The molecule has 0 aliphatic carbocycles. The van der Waals surface area contributed by atoms with Crippen LogP contribution in [0.4, 0.5) is 0 Å². The molecule has 1 rings (SSSR count). The molecule has 78 valence electrons. The highest BCUT2D eigenvalue weighted by molar-refractivity contribution is 5.99. The summed E-state index contributed by atoms with van der Waals surface area (Å²) in [5.74, 6) is -0.273. The van der Waals surface area contributed by atoms with Crippen molar-refractivity contribution < 1.29 is 4.79 Å². The molecule has 0 spiro atoms. The number of carbonyl (C=O) groups excluding carboxylic acids is 1. The first-order valence-corrected chi connectivity index (χ1v) is 4.12. The van der Waals surface area contributed by atoms with E-state index >= 15 is 0 Å². The van der Waals surface area contributed by atoms with Gasteiger partial charge >= 0.3 is 0 Å². The van der Waals surface area contributed by atoms with Gasteiger partial charge in [0.25, 0.3) is 0 Å². The molecule has 15 heavy (non-hydrogen) atoms. The molecule has 0 atom stereocenters.